The number of unbranched alkanes of at least 4 members (excludes halogenated alkanes) is 12. The number of esters is 3. The van der Waals surface area contributed by atoms with Crippen LogP contribution in [0.2, 0.25) is 0 Å². The number of carbonyl (C=O) groups is 4. The van der Waals surface area contributed by atoms with Gasteiger partial charge in [0.15, 0.2) is 12.4 Å². The van der Waals surface area contributed by atoms with Crippen LogP contribution in [-0.4, -0.2) is 66.8 Å². The minimum absolute atomic E-state index is 0.148. The zero-order chi connectivity index (χ0) is 29.0. The smallest absolute Gasteiger partial charge is 0.303 e. The summed E-state index contributed by atoms with van der Waals surface area (Å²) in [4.78, 5) is 45.3. The summed E-state index contributed by atoms with van der Waals surface area (Å²) in [6.45, 7) is 5.97. The van der Waals surface area contributed by atoms with Crippen LogP contribution in [0.5, 0.6) is 0 Å². The molecule has 0 aromatic heterocycles. The normalized spacial score (nSPS) is 22.7. The third kappa shape index (κ3) is 16.5. The summed E-state index contributed by atoms with van der Waals surface area (Å²) in [6, 6.07) is 0. The quantitative estimate of drug-likeness (QED) is 0.112. The van der Waals surface area contributed by atoms with Crippen LogP contribution in [0.1, 0.15) is 118 Å². The molecule has 1 aliphatic heterocycles. The van der Waals surface area contributed by atoms with Crippen LogP contribution in [0.4, 0.5) is 0 Å². The van der Waals surface area contributed by atoms with Gasteiger partial charge in [0.1, 0.15) is 18.8 Å². The zero-order valence-corrected chi connectivity index (χ0v) is 24.3. The van der Waals surface area contributed by atoms with Gasteiger partial charge in [-0.2, -0.15) is 0 Å². The standard InChI is InChI=1S/C29H50O10/c1-21-27(37-23(3)31)28(38-24(4)32)25(20-36-22(2)30)39-29(21)35-19-17-15-13-11-9-7-5-6-8-10-12-14-16-18-26(33)34/h21,25,27-29H,5-20H2,1-4H3,(H,33,34)/t21-,25-,27-,28-,29-/m1/s1. The van der Waals surface area contributed by atoms with Gasteiger partial charge < -0.3 is 28.8 Å². The lowest BCUT2D eigenvalue weighted by Crippen LogP contribution is -2.58. The van der Waals surface area contributed by atoms with Crippen LogP contribution in [0, 0.1) is 5.92 Å². The lowest BCUT2D eigenvalue weighted by atomic mass is 9.92. The lowest BCUT2D eigenvalue weighted by molar-refractivity contribution is -0.288. The number of carboxylic acid groups (broad SMARTS) is 1. The summed E-state index contributed by atoms with van der Waals surface area (Å²) in [7, 11) is 0. The van der Waals surface area contributed by atoms with E-state index < -0.39 is 54.4 Å². The van der Waals surface area contributed by atoms with E-state index in [-0.39, 0.29) is 13.0 Å². The van der Waals surface area contributed by atoms with Crippen molar-refractivity contribution in [2.75, 3.05) is 13.2 Å². The molecule has 10 nitrogen and oxygen atoms in total. The molecule has 0 aromatic rings. The Morgan fingerprint density at radius 3 is 1.59 bits per heavy atom. The van der Waals surface area contributed by atoms with E-state index in [1.165, 1.54) is 65.7 Å². The Labute approximate surface area is 233 Å². The van der Waals surface area contributed by atoms with Crippen molar-refractivity contribution in [2.24, 2.45) is 5.92 Å². The molecular formula is C29H50O10. The molecule has 1 heterocycles. The average Bonchev–Trinajstić information content (AvgIpc) is 2.85. The predicted molar refractivity (Wildman–Crippen MR) is 144 cm³/mol. The van der Waals surface area contributed by atoms with E-state index in [2.05, 4.69) is 0 Å². The molecular weight excluding hydrogens is 508 g/mol. The highest BCUT2D eigenvalue weighted by molar-refractivity contribution is 5.68. The minimum atomic E-state index is -0.913. The van der Waals surface area contributed by atoms with E-state index in [0.717, 1.165) is 38.5 Å². The number of carboxylic acids is 1. The molecule has 0 amide bonds. The van der Waals surface area contributed by atoms with Gasteiger partial charge in [0.2, 0.25) is 0 Å². The highest BCUT2D eigenvalue weighted by atomic mass is 16.7. The zero-order valence-electron chi connectivity index (χ0n) is 24.3. The summed E-state index contributed by atoms with van der Waals surface area (Å²) < 4.78 is 28.0. The van der Waals surface area contributed by atoms with Crippen molar-refractivity contribution < 1.29 is 48.0 Å². The largest absolute Gasteiger partial charge is 0.481 e. The Hall–Kier alpha value is -2.20. The number of aliphatic carboxylic acids is 1. The van der Waals surface area contributed by atoms with Crippen molar-refractivity contribution in [1.29, 1.82) is 0 Å². The Morgan fingerprint density at radius 2 is 1.13 bits per heavy atom. The Kier molecular flexibility index (Phi) is 18.5. The molecule has 1 rings (SSSR count). The molecule has 0 unspecified atom stereocenters. The van der Waals surface area contributed by atoms with Gasteiger partial charge >= 0.3 is 23.9 Å². The van der Waals surface area contributed by atoms with Gasteiger partial charge in [0.05, 0.1) is 0 Å². The van der Waals surface area contributed by atoms with E-state index in [1.807, 2.05) is 6.92 Å². The first-order valence-corrected chi connectivity index (χ1v) is 14.6. The molecule has 1 aliphatic rings. The van der Waals surface area contributed by atoms with Gasteiger partial charge in [-0.25, -0.2) is 0 Å². The van der Waals surface area contributed by atoms with Gasteiger partial charge in [-0.15, -0.1) is 0 Å². The first-order chi connectivity index (χ1) is 18.6. The van der Waals surface area contributed by atoms with Crippen molar-refractivity contribution in [2.45, 2.75) is 142 Å². The Bertz CT molecular complexity index is 725. The number of carbonyl (C=O) groups excluding carboxylic acids is 3. The number of ether oxygens (including phenoxy) is 5. The molecule has 0 spiro atoms. The van der Waals surface area contributed by atoms with Gasteiger partial charge in [-0.05, 0) is 12.8 Å². The van der Waals surface area contributed by atoms with Crippen LogP contribution in [0.3, 0.4) is 0 Å². The number of rotatable bonds is 21. The van der Waals surface area contributed by atoms with Crippen LogP contribution in [0.25, 0.3) is 0 Å². The average molecular weight is 559 g/mol. The SMILES string of the molecule is CC(=O)OC[C@H]1O[C@@H](OCCCCCCCCCCCCCCCC(=O)O)[C@H](C)[C@@H](OC(C)=O)[C@@H]1OC(C)=O. The summed E-state index contributed by atoms with van der Waals surface area (Å²) >= 11 is 0. The van der Waals surface area contributed by atoms with E-state index in [9.17, 15) is 19.2 Å². The van der Waals surface area contributed by atoms with Crippen LogP contribution in [-0.2, 0) is 42.9 Å². The first-order valence-electron chi connectivity index (χ1n) is 14.6. The van der Waals surface area contributed by atoms with Gasteiger partial charge in [-0.1, -0.05) is 77.6 Å². The second kappa shape index (κ2) is 20.7. The molecule has 0 aliphatic carbocycles. The minimum Gasteiger partial charge on any atom is -0.481 e. The predicted octanol–water partition coefficient (Wildman–Crippen LogP) is 5.34. The second-order valence-corrected chi connectivity index (χ2v) is 10.5. The van der Waals surface area contributed by atoms with Crippen LogP contribution >= 0.6 is 0 Å². The van der Waals surface area contributed by atoms with Gasteiger partial charge in [0.25, 0.3) is 0 Å². The van der Waals surface area contributed by atoms with E-state index >= 15 is 0 Å². The maximum atomic E-state index is 11.7. The fraction of sp³-hybridized carbons (Fsp3) is 0.862. The van der Waals surface area contributed by atoms with E-state index in [4.69, 9.17) is 28.8 Å². The topological polar surface area (TPSA) is 135 Å². The number of hydrogen-bond acceptors (Lipinski definition) is 9. The number of hydrogen-bond donors (Lipinski definition) is 1. The molecule has 1 fully saturated rings. The first kappa shape index (κ1) is 34.8. The van der Waals surface area contributed by atoms with E-state index in [1.54, 1.807) is 0 Å². The molecule has 0 saturated carbocycles. The van der Waals surface area contributed by atoms with Crippen molar-refractivity contribution >= 4 is 23.9 Å². The molecule has 0 radical (unpaired) electrons. The fourth-order valence-electron chi connectivity index (χ4n) is 4.79. The second-order valence-electron chi connectivity index (χ2n) is 10.5. The van der Waals surface area contributed by atoms with Crippen molar-refractivity contribution in [3.8, 4) is 0 Å². The van der Waals surface area contributed by atoms with Crippen LogP contribution < -0.4 is 0 Å². The van der Waals surface area contributed by atoms with E-state index in [0.29, 0.717) is 6.61 Å². The molecule has 5 atom stereocenters. The summed E-state index contributed by atoms with van der Waals surface area (Å²) in [6.07, 6.45) is 11.6. The summed E-state index contributed by atoms with van der Waals surface area (Å²) in [5.74, 6) is -2.65. The molecule has 0 aromatic carbocycles. The monoisotopic (exact) mass is 558 g/mol. The molecule has 1 saturated heterocycles. The molecule has 1 N–H and O–H groups in total. The van der Waals surface area contributed by atoms with Crippen LogP contribution in [0.15, 0.2) is 0 Å². The maximum absolute atomic E-state index is 11.7. The van der Waals surface area contributed by atoms with Crippen molar-refractivity contribution in [3.63, 3.8) is 0 Å². The third-order valence-electron chi connectivity index (χ3n) is 6.82. The third-order valence-corrected chi connectivity index (χ3v) is 6.82. The highest BCUT2D eigenvalue weighted by Crippen LogP contribution is 2.32. The van der Waals surface area contributed by atoms with Crippen molar-refractivity contribution in [1.82, 2.24) is 0 Å². The molecule has 0 bridgehead atoms. The van der Waals surface area contributed by atoms with Gasteiger partial charge in [0, 0.05) is 39.7 Å². The van der Waals surface area contributed by atoms with Crippen molar-refractivity contribution in [3.05, 3.63) is 0 Å². The fourth-order valence-corrected chi connectivity index (χ4v) is 4.79. The molecule has 39 heavy (non-hydrogen) atoms. The molecule has 10 heteroatoms. The highest BCUT2D eigenvalue weighted by Gasteiger charge is 2.48. The summed E-state index contributed by atoms with van der Waals surface area (Å²) in [5.41, 5.74) is 0. The Balaban J connectivity index is 2.27. The Morgan fingerprint density at radius 1 is 0.667 bits per heavy atom. The lowest BCUT2D eigenvalue weighted by Gasteiger charge is -2.43. The molecule has 226 valence electrons. The maximum Gasteiger partial charge on any atom is 0.303 e. The van der Waals surface area contributed by atoms with Gasteiger partial charge in [-0.3, -0.25) is 19.2 Å². The summed E-state index contributed by atoms with van der Waals surface area (Å²) in [5, 5.41) is 8.63.